The van der Waals surface area contributed by atoms with Crippen molar-refractivity contribution in [1.82, 2.24) is 0 Å². The number of fused-ring (bicyclic) bond motifs is 1. The van der Waals surface area contributed by atoms with Crippen LogP contribution in [0.15, 0.2) is 53.4 Å². The second-order valence-electron chi connectivity index (χ2n) is 4.82. The van der Waals surface area contributed by atoms with E-state index in [4.69, 9.17) is 14.2 Å². The monoisotopic (exact) mass is 316 g/mol. The van der Waals surface area contributed by atoms with E-state index >= 15 is 0 Å². The number of carbonyl (C=O) groups is 1. The fraction of sp³-hybridized carbons (Fsp3) is 0.235. The summed E-state index contributed by atoms with van der Waals surface area (Å²) in [6.45, 7) is 0.399. The zero-order valence-electron chi connectivity index (χ0n) is 12.2. The van der Waals surface area contributed by atoms with Gasteiger partial charge in [-0.2, -0.15) is 0 Å². The van der Waals surface area contributed by atoms with Crippen molar-refractivity contribution in [3.05, 3.63) is 54.1 Å². The lowest BCUT2D eigenvalue weighted by atomic mass is 10.2. The van der Waals surface area contributed by atoms with Gasteiger partial charge in [-0.05, 0) is 36.1 Å². The van der Waals surface area contributed by atoms with Gasteiger partial charge in [-0.1, -0.05) is 24.3 Å². The SMILES string of the molecule is CSc1ccc(COC(=O)[C@@H]2COc3ccccc3O2)cc1. The van der Waals surface area contributed by atoms with Crippen LogP contribution < -0.4 is 9.47 Å². The van der Waals surface area contributed by atoms with Crippen LogP contribution in [0.1, 0.15) is 5.56 Å². The van der Waals surface area contributed by atoms with Crippen LogP contribution in [-0.4, -0.2) is 24.9 Å². The summed E-state index contributed by atoms with van der Waals surface area (Å²) in [5.74, 6) is 0.808. The molecule has 0 amide bonds. The molecule has 114 valence electrons. The van der Waals surface area contributed by atoms with E-state index in [2.05, 4.69) is 0 Å². The van der Waals surface area contributed by atoms with E-state index in [1.54, 1.807) is 17.8 Å². The number of hydrogen-bond acceptors (Lipinski definition) is 5. The maximum atomic E-state index is 12.1. The molecule has 2 aromatic rings. The molecule has 0 aromatic heterocycles. The van der Waals surface area contributed by atoms with Crippen LogP contribution in [0.25, 0.3) is 0 Å². The highest BCUT2D eigenvalue weighted by atomic mass is 32.2. The van der Waals surface area contributed by atoms with Gasteiger partial charge in [-0.25, -0.2) is 4.79 Å². The van der Waals surface area contributed by atoms with E-state index in [1.807, 2.05) is 48.7 Å². The predicted molar refractivity (Wildman–Crippen MR) is 84.4 cm³/mol. The summed E-state index contributed by atoms with van der Waals surface area (Å²) in [5, 5.41) is 0. The average molecular weight is 316 g/mol. The van der Waals surface area contributed by atoms with E-state index < -0.39 is 12.1 Å². The minimum Gasteiger partial charge on any atom is -0.485 e. The molecule has 0 radical (unpaired) electrons. The van der Waals surface area contributed by atoms with Gasteiger partial charge in [0.15, 0.2) is 11.5 Å². The molecule has 0 fully saturated rings. The largest absolute Gasteiger partial charge is 0.485 e. The Morgan fingerprint density at radius 3 is 2.64 bits per heavy atom. The molecule has 0 N–H and O–H groups in total. The molecule has 1 heterocycles. The van der Waals surface area contributed by atoms with Gasteiger partial charge in [-0.15, -0.1) is 11.8 Å². The zero-order valence-corrected chi connectivity index (χ0v) is 13.0. The number of rotatable bonds is 4. The van der Waals surface area contributed by atoms with Gasteiger partial charge in [0.2, 0.25) is 6.10 Å². The minimum absolute atomic E-state index is 0.168. The molecule has 0 bridgehead atoms. The summed E-state index contributed by atoms with van der Waals surface area (Å²) in [7, 11) is 0. The molecule has 0 saturated heterocycles. The Balaban J connectivity index is 1.56. The van der Waals surface area contributed by atoms with Crippen LogP contribution in [0.4, 0.5) is 0 Å². The molecule has 0 unspecified atom stereocenters. The standard InChI is InChI=1S/C17H16O4S/c1-22-13-8-6-12(7-9-13)10-20-17(18)16-11-19-14-4-2-3-5-15(14)21-16/h2-9,16H,10-11H2,1H3/t16-/m0/s1. The Kier molecular flexibility index (Phi) is 4.53. The fourth-order valence-corrected chi connectivity index (χ4v) is 2.51. The van der Waals surface area contributed by atoms with Crippen molar-refractivity contribution < 1.29 is 19.0 Å². The summed E-state index contributed by atoms with van der Waals surface area (Å²) in [4.78, 5) is 13.2. The van der Waals surface area contributed by atoms with E-state index in [0.717, 1.165) is 5.56 Å². The molecule has 1 aliphatic rings. The molecule has 0 spiro atoms. The van der Waals surface area contributed by atoms with Crippen molar-refractivity contribution >= 4 is 17.7 Å². The molecular weight excluding hydrogens is 300 g/mol. The number of esters is 1. The minimum atomic E-state index is -0.722. The van der Waals surface area contributed by atoms with Crippen molar-refractivity contribution in [3.8, 4) is 11.5 Å². The van der Waals surface area contributed by atoms with Crippen molar-refractivity contribution in [2.24, 2.45) is 0 Å². The van der Waals surface area contributed by atoms with Crippen LogP contribution in [0.5, 0.6) is 11.5 Å². The quantitative estimate of drug-likeness (QED) is 0.640. The number of thioether (sulfide) groups is 1. The Labute approximate surface area is 133 Å². The molecule has 1 aliphatic heterocycles. The van der Waals surface area contributed by atoms with E-state index in [-0.39, 0.29) is 13.2 Å². The van der Waals surface area contributed by atoms with Gasteiger partial charge in [0, 0.05) is 4.90 Å². The fourth-order valence-electron chi connectivity index (χ4n) is 2.10. The Morgan fingerprint density at radius 2 is 1.91 bits per heavy atom. The number of ether oxygens (including phenoxy) is 3. The summed E-state index contributed by atoms with van der Waals surface area (Å²) in [6.07, 6.45) is 1.30. The van der Waals surface area contributed by atoms with Crippen molar-refractivity contribution in [3.63, 3.8) is 0 Å². The second-order valence-corrected chi connectivity index (χ2v) is 5.70. The first-order chi connectivity index (χ1) is 10.8. The first-order valence-corrected chi connectivity index (χ1v) is 8.17. The summed E-state index contributed by atoms with van der Waals surface area (Å²) in [5.41, 5.74) is 0.947. The second kappa shape index (κ2) is 6.75. The third kappa shape index (κ3) is 3.36. The van der Waals surface area contributed by atoms with Gasteiger partial charge in [-0.3, -0.25) is 0 Å². The first kappa shape index (κ1) is 14.8. The average Bonchev–Trinajstić information content (AvgIpc) is 2.59. The first-order valence-electron chi connectivity index (χ1n) is 6.94. The van der Waals surface area contributed by atoms with Crippen LogP contribution in [0, 0.1) is 0 Å². The Hall–Kier alpha value is -2.14. The van der Waals surface area contributed by atoms with Gasteiger partial charge in [0.05, 0.1) is 0 Å². The molecule has 2 aromatic carbocycles. The van der Waals surface area contributed by atoms with Crippen LogP contribution in [0.2, 0.25) is 0 Å². The lowest BCUT2D eigenvalue weighted by Crippen LogP contribution is -2.37. The summed E-state index contributed by atoms with van der Waals surface area (Å²) in [6, 6.07) is 15.2. The highest BCUT2D eigenvalue weighted by molar-refractivity contribution is 7.98. The molecule has 0 aliphatic carbocycles. The third-order valence-electron chi connectivity index (χ3n) is 3.31. The highest BCUT2D eigenvalue weighted by Crippen LogP contribution is 2.31. The summed E-state index contributed by atoms with van der Waals surface area (Å²) >= 11 is 1.67. The van der Waals surface area contributed by atoms with Gasteiger partial charge < -0.3 is 14.2 Å². The summed E-state index contributed by atoms with van der Waals surface area (Å²) < 4.78 is 16.4. The number of para-hydroxylation sites is 2. The third-order valence-corrected chi connectivity index (χ3v) is 4.06. The van der Waals surface area contributed by atoms with E-state index in [9.17, 15) is 4.79 Å². The van der Waals surface area contributed by atoms with Crippen molar-refractivity contribution in [2.75, 3.05) is 12.9 Å². The smallest absolute Gasteiger partial charge is 0.351 e. The van der Waals surface area contributed by atoms with Gasteiger partial charge in [0.25, 0.3) is 0 Å². The molecule has 5 heteroatoms. The molecule has 3 rings (SSSR count). The number of carbonyl (C=O) groups excluding carboxylic acids is 1. The van der Waals surface area contributed by atoms with Crippen LogP contribution in [0.3, 0.4) is 0 Å². The molecule has 1 atom stereocenters. The Morgan fingerprint density at radius 1 is 1.18 bits per heavy atom. The van der Waals surface area contributed by atoms with Crippen LogP contribution >= 0.6 is 11.8 Å². The number of benzene rings is 2. The van der Waals surface area contributed by atoms with Gasteiger partial charge in [0.1, 0.15) is 13.2 Å². The topological polar surface area (TPSA) is 44.8 Å². The lowest BCUT2D eigenvalue weighted by Gasteiger charge is -2.24. The lowest BCUT2D eigenvalue weighted by molar-refractivity contribution is -0.155. The normalized spacial score (nSPS) is 16.1. The molecular formula is C17H16O4S. The Bertz CT molecular complexity index is 654. The maximum Gasteiger partial charge on any atom is 0.351 e. The molecule has 4 nitrogen and oxygen atoms in total. The number of hydrogen-bond donors (Lipinski definition) is 0. The van der Waals surface area contributed by atoms with E-state index in [0.29, 0.717) is 11.5 Å². The molecule has 22 heavy (non-hydrogen) atoms. The van der Waals surface area contributed by atoms with Crippen LogP contribution in [-0.2, 0) is 16.1 Å². The maximum absolute atomic E-state index is 12.1. The van der Waals surface area contributed by atoms with E-state index in [1.165, 1.54) is 4.90 Å². The highest BCUT2D eigenvalue weighted by Gasteiger charge is 2.28. The zero-order chi connectivity index (χ0) is 15.4. The molecule has 0 saturated carbocycles. The van der Waals surface area contributed by atoms with Crippen molar-refractivity contribution in [2.45, 2.75) is 17.6 Å². The van der Waals surface area contributed by atoms with Gasteiger partial charge >= 0.3 is 5.97 Å². The predicted octanol–water partition coefficient (Wildman–Crippen LogP) is 3.29. The van der Waals surface area contributed by atoms with Crippen molar-refractivity contribution in [1.29, 1.82) is 0 Å².